The van der Waals surface area contributed by atoms with Crippen LogP contribution in [0, 0.1) is 0 Å². The molecule has 1 amide bonds. The molecule has 3 aromatic rings. The maximum atomic E-state index is 12.5. The lowest BCUT2D eigenvalue weighted by molar-refractivity contribution is -0.119. The van der Waals surface area contributed by atoms with Crippen LogP contribution >= 0.6 is 23.1 Å². The van der Waals surface area contributed by atoms with Gasteiger partial charge in [0.15, 0.2) is 11.0 Å². The summed E-state index contributed by atoms with van der Waals surface area (Å²) in [7, 11) is 0. The normalized spacial score (nSPS) is 14.2. The Kier molecular flexibility index (Phi) is 6.69. The number of benzene rings is 1. The van der Waals surface area contributed by atoms with Crippen LogP contribution in [0.3, 0.4) is 0 Å². The second kappa shape index (κ2) is 9.62. The molecule has 0 aliphatic heterocycles. The van der Waals surface area contributed by atoms with Crippen molar-refractivity contribution < 1.29 is 4.79 Å². The molecule has 0 saturated carbocycles. The summed E-state index contributed by atoms with van der Waals surface area (Å²) in [5.41, 5.74) is 3.71. The summed E-state index contributed by atoms with van der Waals surface area (Å²) >= 11 is 3.25. The first-order chi connectivity index (χ1) is 14.7. The van der Waals surface area contributed by atoms with E-state index in [1.165, 1.54) is 40.6 Å². The number of fused-ring (bicyclic) bond motifs is 1. The molecule has 1 aromatic carbocycles. The summed E-state index contributed by atoms with van der Waals surface area (Å²) in [6.45, 7) is 6.51. The lowest BCUT2D eigenvalue weighted by Gasteiger charge is -2.14. The number of amides is 1. The molecule has 2 heterocycles. The molecule has 2 aromatic heterocycles. The van der Waals surface area contributed by atoms with Gasteiger partial charge in [-0.25, -0.2) is 0 Å². The number of rotatable bonds is 8. The van der Waals surface area contributed by atoms with Gasteiger partial charge < -0.3 is 5.32 Å². The highest BCUT2D eigenvalue weighted by Crippen LogP contribution is 2.36. The summed E-state index contributed by atoms with van der Waals surface area (Å²) < 4.78 is 2.07. The predicted molar refractivity (Wildman–Crippen MR) is 124 cm³/mol. The minimum absolute atomic E-state index is 0.0148. The summed E-state index contributed by atoms with van der Waals surface area (Å²) in [4.78, 5) is 14.0. The number of allylic oxidation sites excluding steroid dienone is 1. The standard InChI is InChI=1S/C23H26N4OS2/c1-3-13-27-22(19-14-29-20-12-8-7-11-18(19)20)25-26-23(27)30-15-21(28)24-16(2)17-9-5-4-6-10-17/h3-6,9-10,14,16H,1,7-8,11-13,15H2,2H3,(H,24,28). The first-order valence-corrected chi connectivity index (χ1v) is 12.1. The van der Waals surface area contributed by atoms with Crippen LogP contribution in [-0.4, -0.2) is 26.4 Å². The highest BCUT2D eigenvalue weighted by atomic mass is 32.2. The van der Waals surface area contributed by atoms with E-state index in [1.807, 2.05) is 54.7 Å². The SMILES string of the molecule is C=CCn1c(SCC(=O)NC(C)c2ccccc2)nnc1-c1csc2c1CCCC2. The van der Waals surface area contributed by atoms with Gasteiger partial charge in [0, 0.05) is 22.4 Å². The fourth-order valence-corrected chi connectivity index (χ4v) is 5.69. The average molecular weight is 439 g/mol. The number of thiophene rings is 1. The number of aryl methyl sites for hydroxylation is 1. The first kappa shape index (κ1) is 20.9. The van der Waals surface area contributed by atoms with Crippen LogP contribution < -0.4 is 5.32 Å². The summed E-state index contributed by atoms with van der Waals surface area (Å²) in [5, 5.41) is 14.9. The van der Waals surface area contributed by atoms with Gasteiger partial charge in [0.2, 0.25) is 5.91 Å². The average Bonchev–Trinajstić information content (AvgIpc) is 3.37. The zero-order valence-corrected chi connectivity index (χ0v) is 18.8. The molecule has 0 bridgehead atoms. The van der Waals surface area contributed by atoms with E-state index in [0.29, 0.717) is 12.3 Å². The molecule has 0 fully saturated rings. The van der Waals surface area contributed by atoms with Gasteiger partial charge in [-0.3, -0.25) is 9.36 Å². The number of aromatic nitrogens is 3. The van der Waals surface area contributed by atoms with Gasteiger partial charge >= 0.3 is 0 Å². The maximum absolute atomic E-state index is 12.5. The van der Waals surface area contributed by atoms with Crippen molar-refractivity contribution in [2.24, 2.45) is 0 Å². The third kappa shape index (κ3) is 4.52. The number of thioether (sulfide) groups is 1. The van der Waals surface area contributed by atoms with E-state index in [9.17, 15) is 4.79 Å². The third-order valence-electron chi connectivity index (χ3n) is 5.34. The number of nitrogens with zero attached hydrogens (tertiary/aromatic N) is 3. The molecule has 4 rings (SSSR count). The van der Waals surface area contributed by atoms with Crippen LogP contribution in [0.15, 0.2) is 53.5 Å². The summed E-state index contributed by atoms with van der Waals surface area (Å²) in [5.74, 6) is 1.17. The smallest absolute Gasteiger partial charge is 0.230 e. The van der Waals surface area contributed by atoms with Crippen LogP contribution in [0.2, 0.25) is 0 Å². The van der Waals surface area contributed by atoms with E-state index in [4.69, 9.17) is 0 Å². The van der Waals surface area contributed by atoms with Crippen LogP contribution in [0.25, 0.3) is 11.4 Å². The van der Waals surface area contributed by atoms with E-state index in [1.54, 1.807) is 0 Å². The Bertz CT molecular complexity index is 1030. The number of hydrogen-bond donors (Lipinski definition) is 1. The van der Waals surface area contributed by atoms with Gasteiger partial charge in [0.1, 0.15) is 0 Å². The van der Waals surface area contributed by atoms with Gasteiger partial charge in [-0.15, -0.1) is 28.1 Å². The summed E-state index contributed by atoms with van der Waals surface area (Å²) in [6, 6.07) is 9.95. The van der Waals surface area contributed by atoms with Crippen LogP contribution in [0.4, 0.5) is 0 Å². The van der Waals surface area contributed by atoms with Crippen molar-refractivity contribution in [1.82, 2.24) is 20.1 Å². The molecule has 30 heavy (non-hydrogen) atoms. The molecule has 1 aliphatic carbocycles. The van der Waals surface area contributed by atoms with E-state index in [-0.39, 0.29) is 11.9 Å². The zero-order valence-electron chi connectivity index (χ0n) is 17.1. The Balaban J connectivity index is 1.46. The molecular weight excluding hydrogens is 412 g/mol. The lowest BCUT2D eigenvalue weighted by Crippen LogP contribution is -2.28. The minimum Gasteiger partial charge on any atom is -0.349 e. The first-order valence-electron chi connectivity index (χ1n) is 10.3. The van der Waals surface area contributed by atoms with Gasteiger partial charge in [-0.05, 0) is 43.7 Å². The second-order valence-electron chi connectivity index (χ2n) is 7.45. The highest BCUT2D eigenvalue weighted by molar-refractivity contribution is 7.99. The van der Waals surface area contributed by atoms with E-state index >= 15 is 0 Å². The molecular formula is C23H26N4OS2. The molecule has 5 nitrogen and oxygen atoms in total. The predicted octanol–water partition coefficient (Wildman–Crippen LogP) is 5.04. The van der Waals surface area contributed by atoms with Gasteiger partial charge in [0.05, 0.1) is 11.8 Å². The number of hydrogen-bond acceptors (Lipinski definition) is 5. The van der Waals surface area contributed by atoms with Crippen LogP contribution in [0.5, 0.6) is 0 Å². The van der Waals surface area contributed by atoms with Crippen molar-refractivity contribution in [3.8, 4) is 11.4 Å². The molecule has 1 aliphatic rings. The molecule has 156 valence electrons. The van der Waals surface area contributed by atoms with Gasteiger partial charge in [0.25, 0.3) is 0 Å². The van der Waals surface area contributed by atoms with E-state index < -0.39 is 0 Å². The van der Waals surface area contributed by atoms with E-state index in [2.05, 4.69) is 32.0 Å². The van der Waals surface area contributed by atoms with Crippen molar-refractivity contribution in [2.45, 2.75) is 50.4 Å². The molecule has 7 heteroatoms. The van der Waals surface area contributed by atoms with Crippen molar-refractivity contribution >= 4 is 29.0 Å². The molecule has 0 saturated heterocycles. The molecule has 1 atom stereocenters. The minimum atomic E-state index is -0.0294. The van der Waals surface area contributed by atoms with Gasteiger partial charge in [-0.1, -0.05) is 48.2 Å². The fraction of sp³-hybridized carbons (Fsp3) is 0.348. The zero-order chi connectivity index (χ0) is 20.9. The monoisotopic (exact) mass is 438 g/mol. The Morgan fingerprint density at radius 1 is 1.30 bits per heavy atom. The van der Waals surface area contributed by atoms with Crippen molar-refractivity contribution in [2.75, 3.05) is 5.75 Å². The third-order valence-corrected chi connectivity index (χ3v) is 7.40. The van der Waals surface area contributed by atoms with E-state index in [0.717, 1.165) is 29.4 Å². The topological polar surface area (TPSA) is 59.8 Å². The van der Waals surface area contributed by atoms with Gasteiger partial charge in [-0.2, -0.15) is 0 Å². The number of carbonyl (C=O) groups is 1. The van der Waals surface area contributed by atoms with Crippen molar-refractivity contribution in [3.05, 3.63) is 64.4 Å². The second-order valence-corrected chi connectivity index (χ2v) is 9.36. The number of carbonyl (C=O) groups excluding carboxylic acids is 1. The molecule has 0 radical (unpaired) electrons. The fourth-order valence-electron chi connectivity index (χ4n) is 3.81. The Morgan fingerprint density at radius 3 is 2.90 bits per heavy atom. The quantitative estimate of drug-likeness (QED) is 0.395. The summed E-state index contributed by atoms with van der Waals surface area (Å²) in [6.07, 6.45) is 6.62. The van der Waals surface area contributed by atoms with Crippen LogP contribution in [0.1, 0.15) is 41.8 Å². The Labute approximate surface area is 185 Å². The largest absolute Gasteiger partial charge is 0.349 e. The van der Waals surface area contributed by atoms with Crippen LogP contribution in [-0.2, 0) is 24.2 Å². The highest BCUT2D eigenvalue weighted by Gasteiger charge is 2.22. The Morgan fingerprint density at radius 2 is 2.10 bits per heavy atom. The Hall–Kier alpha value is -2.38. The molecule has 1 N–H and O–H groups in total. The van der Waals surface area contributed by atoms with Crippen molar-refractivity contribution in [1.29, 1.82) is 0 Å². The van der Waals surface area contributed by atoms with Crippen molar-refractivity contribution in [3.63, 3.8) is 0 Å². The number of nitrogens with one attached hydrogen (secondary N) is 1. The molecule has 0 spiro atoms. The maximum Gasteiger partial charge on any atom is 0.230 e. The lowest BCUT2D eigenvalue weighted by atomic mass is 9.95. The molecule has 1 unspecified atom stereocenters.